The van der Waals surface area contributed by atoms with Crippen LogP contribution in [0.5, 0.6) is 0 Å². The maximum Gasteiger partial charge on any atom is 0.225 e. The monoisotopic (exact) mass is 280 g/mol. The van der Waals surface area contributed by atoms with Crippen LogP contribution in [-0.2, 0) is 16.0 Å². The highest BCUT2D eigenvalue weighted by molar-refractivity contribution is 5.90. The van der Waals surface area contributed by atoms with Crippen molar-refractivity contribution < 1.29 is 9.59 Å². The summed E-state index contributed by atoms with van der Waals surface area (Å²) in [6.07, 6.45) is 1.67. The van der Waals surface area contributed by atoms with Gasteiger partial charge in [0.2, 0.25) is 11.8 Å². The zero-order chi connectivity index (χ0) is 14.8. The second kappa shape index (κ2) is 5.56. The molecule has 1 aromatic heterocycles. The fraction of sp³-hybridized carbons (Fsp3) is 0.750. The number of carbonyl (C=O) groups excluding carboxylic acids is 2. The van der Waals surface area contributed by atoms with Gasteiger partial charge in [-0.2, -0.15) is 5.21 Å². The maximum absolute atomic E-state index is 12.2. The standard InChI is InChI=1S/C12H20N6O2/c1-12(2)8(7-10(19)18(12)3)11(20)13-6-4-5-9-14-16-17-15-9/h8H,4-7H2,1-3H3,(H,13,20)(H,14,15,16,17)/t8-/m0/s1. The minimum Gasteiger partial charge on any atom is -0.356 e. The Morgan fingerprint density at radius 3 is 2.85 bits per heavy atom. The van der Waals surface area contributed by atoms with Crippen LogP contribution < -0.4 is 5.32 Å². The molecule has 1 fully saturated rings. The molecule has 2 N–H and O–H groups in total. The highest BCUT2D eigenvalue weighted by Gasteiger charge is 2.47. The zero-order valence-electron chi connectivity index (χ0n) is 12.0. The Kier molecular flexibility index (Phi) is 4.01. The summed E-state index contributed by atoms with van der Waals surface area (Å²) in [6, 6.07) is 0. The molecule has 8 nitrogen and oxygen atoms in total. The Morgan fingerprint density at radius 1 is 1.55 bits per heavy atom. The Bertz CT molecular complexity index is 484. The van der Waals surface area contributed by atoms with Crippen LogP contribution >= 0.6 is 0 Å². The first kappa shape index (κ1) is 14.4. The summed E-state index contributed by atoms with van der Waals surface area (Å²) in [6.45, 7) is 4.38. The normalized spacial score (nSPS) is 21.2. The minimum absolute atomic E-state index is 0.0157. The van der Waals surface area contributed by atoms with Gasteiger partial charge in [0.05, 0.1) is 5.92 Å². The lowest BCUT2D eigenvalue weighted by atomic mass is 9.88. The molecule has 2 amide bonds. The van der Waals surface area contributed by atoms with E-state index in [1.807, 2.05) is 13.8 Å². The second-order valence-electron chi connectivity index (χ2n) is 5.59. The molecule has 1 aromatic rings. The van der Waals surface area contributed by atoms with Gasteiger partial charge in [-0.05, 0) is 20.3 Å². The minimum atomic E-state index is -0.436. The number of hydrogen-bond acceptors (Lipinski definition) is 5. The molecule has 1 atom stereocenters. The van der Waals surface area contributed by atoms with E-state index in [0.29, 0.717) is 18.8 Å². The number of carbonyl (C=O) groups is 2. The van der Waals surface area contributed by atoms with Crippen LogP contribution in [0.15, 0.2) is 0 Å². The van der Waals surface area contributed by atoms with E-state index in [0.717, 1.165) is 6.42 Å². The number of nitrogens with one attached hydrogen (secondary N) is 2. The Morgan fingerprint density at radius 2 is 2.30 bits per heavy atom. The summed E-state index contributed by atoms with van der Waals surface area (Å²) in [7, 11) is 1.74. The molecule has 0 aliphatic carbocycles. The van der Waals surface area contributed by atoms with Crippen molar-refractivity contribution in [3.05, 3.63) is 5.82 Å². The first-order chi connectivity index (χ1) is 9.43. The summed E-state index contributed by atoms with van der Waals surface area (Å²) < 4.78 is 0. The number of rotatable bonds is 5. The van der Waals surface area contributed by atoms with Crippen molar-refractivity contribution in [3.63, 3.8) is 0 Å². The lowest BCUT2D eigenvalue weighted by molar-refractivity contribution is -0.128. The molecule has 0 radical (unpaired) electrons. The van der Waals surface area contributed by atoms with Crippen molar-refractivity contribution in [1.82, 2.24) is 30.8 Å². The van der Waals surface area contributed by atoms with E-state index in [-0.39, 0.29) is 24.2 Å². The topological polar surface area (TPSA) is 104 Å². The van der Waals surface area contributed by atoms with Gasteiger partial charge in [-0.1, -0.05) is 5.21 Å². The van der Waals surface area contributed by atoms with Crippen molar-refractivity contribution in [2.24, 2.45) is 5.92 Å². The molecule has 0 bridgehead atoms. The van der Waals surface area contributed by atoms with Crippen molar-refractivity contribution in [1.29, 1.82) is 0 Å². The smallest absolute Gasteiger partial charge is 0.225 e. The summed E-state index contributed by atoms with van der Waals surface area (Å²) in [5, 5.41) is 16.4. The molecule has 2 heterocycles. The number of nitrogens with zero attached hydrogens (tertiary/aromatic N) is 4. The van der Waals surface area contributed by atoms with Gasteiger partial charge in [0.15, 0.2) is 5.82 Å². The molecule has 0 unspecified atom stereocenters. The molecule has 0 aromatic carbocycles. The summed E-state index contributed by atoms with van der Waals surface area (Å²) in [5.74, 6) is 0.281. The van der Waals surface area contributed by atoms with E-state index < -0.39 is 5.54 Å². The van der Waals surface area contributed by atoms with E-state index >= 15 is 0 Å². The number of amides is 2. The molecule has 0 saturated carbocycles. The highest BCUT2D eigenvalue weighted by Crippen LogP contribution is 2.34. The predicted molar refractivity (Wildman–Crippen MR) is 70.5 cm³/mol. The molecule has 2 rings (SSSR count). The molecule has 8 heteroatoms. The quantitative estimate of drug-likeness (QED) is 0.708. The molecule has 1 aliphatic rings. The Hall–Kier alpha value is -1.99. The fourth-order valence-electron chi connectivity index (χ4n) is 2.40. The molecule has 1 saturated heterocycles. The van der Waals surface area contributed by atoms with Gasteiger partial charge in [0, 0.05) is 32.0 Å². The average molecular weight is 280 g/mol. The first-order valence-corrected chi connectivity index (χ1v) is 6.69. The summed E-state index contributed by atoms with van der Waals surface area (Å²) in [5.41, 5.74) is -0.436. The van der Waals surface area contributed by atoms with Gasteiger partial charge in [-0.15, -0.1) is 10.2 Å². The van der Waals surface area contributed by atoms with Crippen LogP contribution in [0, 0.1) is 5.92 Å². The number of H-pyrrole nitrogens is 1. The van der Waals surface area contributed by atoms with Gasteiger partial charge in [0.25, 0.3) is 0 Å². The SMILES string of the molecule is CN1C(=O)C[C@@H](C(=O)NCCCc2nn[nH]n2)C1(C)C. The van der Waals surface area contributed by atoms with Crippen LogP contribution in [0.2, 0.25) is 0 Å². The largest absolute Gasteiger partial charge is 0.356 e. The number of aryl methyl sites for hydroxylation is 1. The zero-order valence-corrected chi connectivity index (χ0v) is 12.0. The summed E-state index contributed by atoms with van der Waals surface area (Å²) in [4.78, 5) is 25.5. The van der Waals surface area contributed by atoms with Crippen LogP contribution in [-0.4, -0.2) is 56.5 Å². The number of aromatic amines is 1. The first-order valence-electron chi connectivity index (χ1n) is 6.69. The molecule has 1 aliphatic heterocycles. The molecular formula is C12H20N6O2. The molecule has 0 spiro atoms. The van der Waals surface area contributed by atoms with Gasteiger partial charge >= 0.3 is 0 Å². The lowest BCUT2D eigenvalue weighted by Crippen LogP contribution is -2.47. The van der Waals surface area contributed by atoms with Crippen molar-refractivity contribution in [3.8, 4) is 0 Å². The third-order valence-electron chi connectivity index (χ3n) is 4.05. The van der Waals surface area contributed by atoms with Gasteiger partial charge < -0.3 is 10.2 Å². The van der Waals surface area contributed by atoms with E-state index in [4.69, 9.17) is 0 Å². The van der Waals surface area contributed by atoms with E-state index in [9.17, 15) is 9.59 Å². The van der Waals surface area contributed by atoms with Gasteiger partial charge in [0.1, 0.15) is 0 Å². The van der Waals surface area contributed by atoms with Gasteiger partial charge in [-0.25, -0.2) is 0 Å². The maximum atomic E-state index is 12.2. The molecule has 110 valence electrons. The Balaban J connectivity index is 1.79. The second-order valence-corrected chi connectivity index (χ2v) is 5.59. The van der Waals surface area contributed by atoms with Crippen LogP contribution in [0.1, 0.15) is 32.5 Å². The van der Waals surface area contributed by atoms with E-state index in [1.54, 1.807) is 11.9 Å². The molecule has 20 heavy (non-hydrogen) atoms. The third-order valence-corrected chi connectivity index (χ3v) is 4.05. The predicted octanol–water partition coefficient (Wildman–Crippen LogP) is -0.495. The highest BCUT2D eigenvalue weighted by atomic mass is 16.2. The fourth-order valence-corrected chi connectivity index (χ4v) is 2.40. The number of tetrazole rings is 1. The van der Waals surface area contributed by atoms with Crippen molar-refractivity contribution in [2.75, 3.05) is 13.6 Å². The van der Waals surface area contributed by atoms with Crippen LogP contribution in [0.3, 0.4) is 0 Å². The van der Waals surface area contributed by atoms with E-state index in [2.05, 4.69) is 25.9 Å². The van der Waals surface area contributed by atoms with Crippen molar-refractivity contribution in [2.45, 2.75) is 38.6 Å². The van der Waals surface area contributed by atoms with Gasteiger partial charge in [-0.3, -0.25) is 9.59 Å². The lowest BCUT2D eigenvalue weighted by Gasteiger charge is -2.32. The summed E-state index contributed by atoms with van der Waals surface area (Å²) >= 11 is 0. The van der Waals surface area contributed by atoms with Crippen LogP contribution in [0.4, 0.5) is 0 Å². The number of likely N-dealkylation sites (tertiary alicyclic amines) is 1. The number of hydrogen-bond donors (Lipinski definition) is 2. The molecular weight excluding hydrogens is 260 g/mol. The van der Waals surface area contributed by atoms with E-state index in [1.165, 1.54) is 0 Å². The number of aromatic nitrogens is 4. The van der Waals surface area contributed by atoms with Crippen LogP contribution in [0.25, 0.3) is 0 Å². The van der Waals surface area contributed by atoms with Crippen molar-refractivity contribution >= 4 is 11.8 Å². The average Bonchev–Trinajstić information content (AvgIpc) is 2.98. The third kappa shape index (κ3) is 2.78. The Labute approximate surface area is 117 Å².